The van der Waals surface area contributed by atoms with Crippen molar-refractivity contribution in [1.82, 2.24) is 10.2 Å². The molecule has 1 aromatic rings. The van der Waals surface area contributed by atoms with Crippen LogP contribution >= 0.6 is 24.0 Å². The zero-order valence-electron chi connectivity index (χ0n) is 15.6. The number of hydrogen-bond donors (Lipinski definition) is 1. The van der Waals surface area contributed by atoms with Crippen LogP contribution in [0.2, 0.25) is 0 Å². The largest absolute Gasteiger partial charge is 0.573 e. The first-order chi connectivity index (χ1) is 12.4. The van der Waals surface area contributed by atoms with Crippen molar-refractivity contribution in [3.05, 3.63) is 29.8 Å². The van der Waals surface area contributed by atoms with Crippen molar-refractivity contribution in [3.8, 4) is 5.75 Å². The molecule has 0 radical (unpaired) electrons. The van der Waals surface area contributed by atoms with Gasteiger partial charge in [0.05, 0.1) is 12.6 Å². The summed E-state index contributed by atoms with van der Waals surface area (Å²) in [6, 6.07) is 6.08. The SMILES string of the molecule is CCNC(=NCc1ccccc1OC(F)(F)F)N1CCC(OCC)CC1.I. The second-order valence-electron chi connectivity index (χ2n) is 5.97. The van der Waals surface area contributed by atoms with Gasteiger partial charge in [-0.15, -0.1) is 37.1 Å². The van der Waals surface area contributed by atoms with Crippen LogP contribution in [0, 0.1) is 0 Å². The topological polar surface area (TPSA) is 46.1 Å². The number of para-hydroxylation sites is 1. The first-order valence-electron chi connectivity index (χ1n) is 8.91. The molecule has 0 atom stereocenters. The highest BCUT2D eigenvalue weighted by Crippen LogP contribution is 2.26. The minimum Gasteiger partial charge on any atom is -0.405 e. The van der Waals surface area contributed by atoms with E-state index in [1.54, 1.807) is 12.1 Å². The molecule has 0 saturated carbocycles. The first-order valence-corrected chi connectivity index (χ1v) is 8.91. The molecule has 5 nitrogen and oxygen atoms in total. The highest BCUT2D eigenvalue weighted by Gasteiger charge is 2.32. The molecule has 1 saturated heterocycles. The summed E-state index contributed by atoms with van der Waals surface area (Å²) in [6.07, 6.45) is -2.64. The van der Waals surface area contributed by atoms with Crippen molar-refractivity contribution < 1.29 is 22.6 Å². The fraction of sp³-hybridized carbons (Fsp3) is 0.611. The Kier molecular flexibility index (Phi) is 10.2. The van der Waals surface area contributed by atoms with E-state index in [9.17, 15) is 13.2 Å². The average Bonchev–Trinajstić information content (AvgIpc) is 2.59. The fourth-order valence-corrected chi connectivity index (χ4v) is 2.91. The van der Waals surface area contributed by atoms with Gasteiger partial charge in [-0.2, -0.15) is 0 Å². The number of benzene rings is 1. The van der Waals surface area contributed by atoms with E-state index in [2.05, 4.69) is 19.9 Å². The normalized spacial score (nSPS) is 16.0. The number of alkyl halides is 3. The van der Waals surface area contributed by atoms with Crippen LogP contribution in [-0.4, -0.2) is 49.6 Å². The lowest BCUT2D eigenvalue weighted by molar-refractivity contribution is -0.274. The molecule has 9 heteroatoms. The summed E-state index contributed by atoms with van der Waals surface area (Å²) < 4.78 is 47.4. The molecule has 1 heterocycles. The van der Waals surface area contributed by atoms with Crippen LogP contribution in [0.5, 0.6) is 5.75 Å². The molecule has 0 aliphatic carbocycles. The molecule has 27 heavy (non-hydrogen) atoms. The molecule has 2 rings (SSSR count). The third-order valence-corrected chi connectivity index (χ3v) is 4.08. The smallest absolute Gasteiger partial charge is 0.405 e. The van der Waals surface area contributed by atoms with E-state index in [4.69, 9.17) is 4.74 Å². The Morgan fingerprint density at radius 3 is 2.48 bits per heavy atom. The molecule has 154 valence electrons. The van der Waals surface area contributed by atoms with Crippen molar-refractivity contribution in [2.45, 2.75) is 45.7 Å². The van der Waals surface area contributed by atoms with Crippen LogP contribution in [-0.2, 0) is 11.3 Å². The molecule has 1 N–H and O–H groups in total. The summed E-state index contributed by atoms with van der Waals surface area (Å²) in [7, 11) is 0. The number of halogens is 4. The Labute approximate surface area is 175 Å². The zero-order valence-corrected chi connectivity index (χ0v) is 17.9. The molecule has 1 aliphatic rings. The number of ether oxygens (including phenoxy) is 2. The third kappa shape index (κ3) is 8.12. The lowest BCUT2D eigenvalue weighted by Crippen LogP contribution is -2.47. The maximum atomic E-state index is 12.5. The summed E-state index contributed by atoms with van der Waals surface area (Å²) in [4.78, 5) is 6.63. The second kappa shape index (κ2) is 11.6. The van der Waals surface area contributed by atoms with E-state index in [1.807, 2.05) is 13.8 Å². The van der Waals surface area contributed by atoms with Gasteiger partial charge >= 0.3 is 6.36 Å². The van der Waals surface area contributed by atoms with Gasteiger partial charge in [0.2, 0.25) is 0 Å². The van der Waals surface area contributed by atoms with Crippen LogP contribution in [0.1, 0.15) is 32.3 Å². The van der Waals surface area contributed by atoms with Gasteiger partial charge in [0, 0.05) is 31.8 Å². The number of hydrogen-bond acceptors (Lipinski definition) is 3. The number of rotatable bonds is 6. The number of guanidine groups is 1. The molecular weight excluding hydrogens is 474 g/mol. The molecule has 0 bridgehead atoms. The minimum absolute atomic E-state index is 0. The lowest BCUT2D eigenvalue weighted by atomic mass is 10.1. The first kappa shape index (κ1) is 23.8. The highest BCUT2D eigenvalue weighted by molar-refractivity contribution is 14.0. The van der Waals surface area contributed by atoms with Gasteiger partial charge in [-0.3, -0.25) is 0 Å². The van der Waals surface area contributed by atoms with E-state index in [0.29, 0.717) is 24.7 Å². The summed E-state index contributed by atoms with van der Waals surface area (Å²) in [6.45, 7) is 7.05. The molecule has 0 aromatic heterocycles. The van der Waals surface area contributed by atoms with Crippen molar-refractivity contribution in [3.63, 3.8) is 0 Å². The third-order valence-electron chi connectivity index (χ3n) is 4.08. The van der Waals surface area contributed by atoms with Gasteiger partial charge < -0.3 is 19.7 Å². The summed E-state index contributed by atoms with van der Waals surface area (Å²) in [5.74, 6) is 0.485. The quantitative estimate of drug-likeness (QED) is 0.361. The van der Waals surface area contributed by atoms with Crippen LogP contribution < -0.4 is 10.1 Å². The van der Waals surface area contributed by atoms with E-state index in [-0.39, 0.29) is 42.4 Å². The number of likely N-dealkylation sites (tertiary alicyclic amines) is 1. The Bertz CT molecular complexity index is 591. The van der Waals surface area contributed by atoms with Gasteiger partial charge in [0.1, 0.15) is 5.75 Å². The minimum atomic E-state index is -4.72. The number of nitrogens with one attached hydrogen (secondary N) is 1. The molecular formula is C18H27F3IN3O2. The lowest BCUT2D eigenvalue weighted by Gasteiger charge is -2.34. The van der Waals surface area contributed by atoms with E-state index in [0.717, 1.165) is 25.9 Å². The van der Waals surface area contributed by atoms with Gasteiger partial charge in [0.15, 0.2) is 5.96 Å². The Hall–Kier alpha value is -1.23. The Morgan fingerprint density at radius 1 is 1.22 bits per heavy atom. The molecule has 1 fully saturated rings. The number of aliphatic imine (C=N–C) groups is 1. The maximum absolute atomic E-state index is 12.5. The van der Waals surface area contributed by atoms with Crippen LogP contribution in [0.4, 0.5) is 13.2 Å². The van der Waals surface area contributed by atoms with Crippen molar-refractivity contribution in [2.24, 2.45) is 4.99 Å². The van der Waals surface area contributed by atoms with E-state index >= 15 is 0 Å². The van der Waals surface area contributed by atoms with E-state index in [1.165, 1.54) is 12.1 Å². The molecule has 0 unspecified atom stereocenters. The molecule has 0 spiro atoms. The summed E-state index contributed by atoms with van der Waals surface area (Å²) in [5, 5.41) is 3.21. The van der Waals surface area contributed by atoms with Crippen molar-refractivity contribution in [1.29, 1.82) is 0 Å². The summed E-state index contributed by atoms with van der Waals surface area (Å²) >= 11 is 0. The number of nitrogens with zero attached hydrogens (tertiary/aromatic N) is 2. The van der Waals surface area contributed by atoms with Gasteiger partial charge in [-0.1, -0.05) is 18.2 Å². The van der Waals surface area contributed by atoms with Gasteiger partial charge in [-0.25, -0.2) is 4.99 Å². The van der Waals surface area contributed by atoms with Crippen molar-refractivity contribution in [2.75, 3.05) is 26.2 Å². The maximum Gasteiger partial charge on any atom is 0.573 e. The van der Waals surface area contributed by atoms with E-state index < -0.39 is 6.36 Å². The standard InChI is InChI=1S/C18H26F3N3O2.HI/c1-3-22-17(24-11-9-15(10-12-24)25-4-2)23-13-14-7-5-6-8-16(14)26-18(19,20)21;/h5-8,15H,3-4,9-13H2,1-2H3,(H,22,23);1H. The zero-order chi connectivity index (χ0) is 19.0. The molecule has 0 amide bonds. The monoisotopic (exact) mass is 501 g/mol. The highest BCUT2D eigenvalue weighted by atomic mass is 127. The fourth-order valence-electron chi connectivity index (χ4n) is 2.91. The van der Waals surface area contributed by atoms with Crippen LogP contribution in [0.25, 0.3) is 0 Å². The molecule has 1 aromatic carbocycles. The predicted molar refractivity (Wildman–Crippen MR) is 110 cm³/mol. The van der Waals surface area contributed by atoms with Gasteiger partial charge in [0.25, 0.3) is 0 Å². The molecule has 1 aliphatic heterocycles. The van der Waals surface area contributed by atoms with Crippen LogP contribution in [0.15, 0.2) is 29.3 Å². The van der Waals surface area contributed by atoms with Crippen molar-refractivity contribution >= 4 is 29.9 Å². The van der Waals surface area contributed by atoms with Gasteiger partial charge in [-0.05, 0) is 32.8 Å². The van der Waals surface area contributed by atoms with Crippen LogP contribution in [0.3, 0.4) is 0 Å². The summed E-state index contributed by atoms with van der Waals surface area (Å²) in [5.41, 5.74) is 0.393. The number of piperidine rings is 1. The second-order valence-corrected chi connectivity index (χ2v) is 5.97. The average molecular weight is 501 g/mol. The Balaban J connectivity index is 0.00000364. The predicted octanol–water partition coefficient (Wildman–Crippen LogP) is 4.17. The Morgan fingerprint density at radius 2 is 1.89 bits per heavy atom.